The molecule has 1 N–H and O–H groups in total. The van der Waals surface area contributed by atoms with Gasteiger partial charge in [0.05, 0.1) is 6.61 Å². The molecule has 0 aromatic carbocycles. The molecule has 0 saturated heterocycles. The van der Waals surface area contributed by atoms with Crippen molar-refractivity contribution in [3.8, 4) is 0 Å². The van der Waals surface area contributed by atoms with E-state index in [-0.39, 0.29) is 18.3 Å². The molecule has 19 heavy (non-hydrogen) atoms. The predicted octanol–water partition coefficient (Wildman–Crippen LogP) is -0.306. The summed E-state index contributed by atoms with van der Waals surface area (Å²) in [6.45, 7) is 1.71. The maximum absolute atomic E-state index is 11.4. The summed E-state index contributed by atoms with van der Waals surface area (Å²) in [4.78, 5) is 30.4. The molecule has 10 heteroatoms. The number of rotatable bonds is 2. The topological polar surface area (TPSA) is 103 Å². The Hall–Kier alpha value is -2.36. The zero-order valence-electron chi connectivity index (χ0n) is 10.2. The monoisotopic (exact) mass is 282 g/mol. The number of aryl methyl sites for hydroxylation is 1. The quantitative estimate of drug-likeness (QED) is 0.458. The third-order valence-corrected chi connectivity index (χ3v) is 2.57. The lowest BCUT2D eigenvalue weighted by Crippen LogP contribution is -2.25. The van der Waals surface area contributed by atoms with Gasteiger partial charge in [0.1, 0.15) is 6.33 Å². The number of carbonyl (C=O) groups excluding carboxylic acids is 2. The van der Waals surface area contributed by atoms with Crippen LogP contribution < -0.4 is 5.32 Å². The molecule has 0 radical (unpaired) electrons. The Morgan fingerprint density at radius 1 is 1.53 bits per heavy atom. The number of carbonyl (C=O) groups is 2. The zero-order valence-corrected chi connectivity index (χ0v) is 11.0. The Kier molecular flexibility index (Phi) is 3.51. The normalized spacial score (nSPS) is 10.4. The van der Waals surface area contributed by atoms with Crippen molar-refractivity contribution in [1.82, 2.24) is 24.1 Å². The number of esters is 1. The van der Waals surface area contributed by atoms with Crippen LogP contribution in [0.1, 0.15) is 6.92 Å². The van der Waals surface area contributed by atoms with Crippen molar-refractivity contribution in [2.75, 3.05) is 11.9 Å². The summed E-state index contributed by atoms with van der Waals surface area (Å²) in [5.74, 6) is -1.79. The Morgan fingerprint density at radius 2 is 2.26 bits per heavy atom. The van der Waals surface area contributed by atoms with Gasteiger partial charge in [-0.2, -0.15) is 9.50 Å². The second-order valence-electron chi connectivity index (χ2n) is 3.46. The van der Waals surface area contributed by atoms with Gasteiger partial charge in [-0.1, -0.05) is 0 Å². The van der Waals surface area contributed by atoms with Crippen molar-refractivity contribution in [1.29, 1.82) is 0 Å². The van der Waals surface area contributed by atoms with Crippen LogP contribution in [0.3, 0.4) is 0 Å². The van der Waals surface area contributed by atoms with Gasteiger partial charge < -0.3 is 9.30 Å². The van der Waals surface area contributed by atoms with Crippen molar-refractivity contribution in [3.05, 3.63) is 11.1 Å². The van der Waals surface area contributed by atoms with Gasteiger partial charge in [0.2, 0.25) is 4.77 Å². The molecule has 0 aliphatic carbocycles. The highest BCUT2D eigenvalue weighted by molar-refractivity contribution is 7.71. The molecule has 0 fully saturated rings. The summed E-state index contributed by atoms with van der Waals surface area (Å²) >= 11 is 5.09. The summed E-state index contributed by atoms with van der Waals surface area (Å²) in [5, 5.41) is 6.14. The summed E-state index contributed by atoms with van der Waals surface area (Å²) < 4.78 is 7.73. The molecular formula is C9H10N6O3S. The second kappa shape index (κ2) is 5.10. The number of hydrogen-bond donors (Lipinski definition) is 1. The summed E-state index contributed by atoms with van der Waals surface area (Å²) in [6, 6.07) is 0. The van der Waals surface area contributed by atoms with Gasteiger partial charge in [0, 0.05) is 7.05 Å². The number of nitrogens with one attached hydrogen (secondary N) is 1. The van der Waals surface area contributed by atoms with E-state index in [0.717, 1.165) is 0 Å². The first-order chi connectivity index (χ1) is 9.02. The summed E-state index contributed by atoms with van der Waals surface area (Å²) in [5.41, 5.74) is 0. The molecule has 0 atom stereocenters. The molecular weight excluding hydrogens is 272 g/mol. The average molecular weight is 282 g/mol. The fraction of sp³-hybridized carbons (Fsp3) is 0.333. The van der Waals surface area contributed by atoms with Gasteiger partial charge in [0.25, 0.3) is 11.7 Å². The standard InChI is InChI=1S/C9H10N6O3S/c1-3-18-6(17)5(16)11-7-12-8-10-4-14(2)9(19)15(8)13-7/h4H,3H2,1-2H3,(H,11,13,16). The van der Waals surface area contributed by atoms with E-state index >= 15 is 0 Å². The van der Waals surface area contributed by atoms with Crippen molar-refractivity contribution in [2.24, 2.45) is 7.05 Å². The Morgan fingerprint density at radius 3 is 2.95 bits per heavy atom. The molecule has 0 aliphatic rings. The third-order valence-electron chi connectivity index (χ3n) is 2.11. The third kappa shape index (κ3) is 2.57. The summed E-state index contributed by atoms with van der Waals surface area (Å²) in [7, 11) is 1.70. The minimum atomic E-state index is -1.00. The van der Waals surface area contributed by atoms with Gasteiger partial charge in [-0.3, -0.25) is 10.1 Å². The van der Waals surface area contributed by atoms with Crippen LogP contribution in [0.15, 0.2) is 6.33 Å². The molecule has 0 bridgehead atoms. The van der Waals surface area contributed by atoms with E-state index in [1.807, 2.05) is 0 Å². The van der Waals surface area contributed by atoms with Gasteiger partial charge in [-0.25, -0.2) is 9.78 Å². The number of nitrogens with zero attached hydrogens (tertiary/aromatic N) is 5. The zero-order chi connectivity index (χ0) is 14.0. The fourth-order valence-electron chi connectivity index (χ4n) is 1.25. The van der Waals surface area contributed by atoms with E-state index in [4.69, 9.17) is 12.2 Å². The van der Waals surface area contributed by atoms with Crippen molar-refractivity contribution < 1.29 is 14.3 Å². The molecule has 0 unspecified atom stereocenters. The highest BCUT2D eigenvalue weighted by Gasteiger charge is 2.17. The number of anilines is 1. The molecule has 9 nitrogen and oxygen atoms in total. The van der Waals surface area contributed by atoms with Gasteiger partial charge in [-0.15, -0.1) is 5.10 Å². The lowest BCUT2D eigenvalue weighted by molar-refractivity contribution is -0.152. The number of amides is 1. The molecule has 0 aliphatic heterocycles. The van der Waals surface area contributed by atoms with E-state index in [1.165, 1.54) is 10.8 Å². The van der Waals surface area contributed by atoms with Crippen LogP contribution in [-0.2, 0) is 21.4 Å². The lowest BCUT2D eigenvalue weighted by atomic mass is 10.6. The molecule has 2 aromatic heterocycles. The van der Waals surface area contributed by atoms with E-state index < -0.39 is 11.9 Å². The molecule has 1 amide bonds. The van der Waals surface area contributed by atoms with Crippen molar-refractivity contribution >= 4 is 35.8 Å². The summed E-state index contributed by atoms with van der Waals surface area (Å²) in [6.07, 6.45) is 1.48. The Bertz CT molecular complexity index is 706. The minimum absolute atomic E-state index is 0.0668. The Balaban J connectivity index is 2.28. The van der Waals surface area contributed by atoms with E-state index in [2.05, 4.69) is 25.1 Å². The highest BCUT2D eigenvalue weighted by atomic mass is 32.1. The van der Waals surface area contributed by atoms with Crippen LogP contribution in [0.5, 0.6) is 0 Å². The van der Waals surface area contributed by atoms with Gasteiger partial charge >= 0.3 is 11.9 Å². The van der Waals surface area contributed by atoms with Gasteiger partial charge in [-0.05, 0) is 19.1 Å². The highest BCUT2D eigenvalue weighted by Crippen LogP contribution is 2.03. The maximum Gasteiger partial charge on any atom is 0.397 e. The van der Waals surface area contributed by atoms with Gasteiger partial charge in [0.15, 0.2) is 0 Å². The first kappa shape index (κ1) is 13.1. The molecule has 100 valence electrons. The molecule has 0 spiro atoms. The largest absolute Gasteiger partial charge is 0.459 e. The van der Waals surface area contributed by atoms with Crippen LogP contribution in [-0.4, -0.2) is 42.6 Å². The molecule has 2 rings (SSSR count). The molecule has 2 aromatic rings. The van der Waals surface area contributed by atoms with Crippen LogP contribution >= 0.6 is 12.2 Å². The van der Waals surface area contributed by atoms with E-state index in [0.29, 0.717) is 4.77 Å². The average Bonchev–Trinajstić information content (AvgIpc) is 2.77. The van der Waals surface area contributed by atoms with E-state index in [9.17, 15) is 9.59 Å². The minimum Gasteiger partial charge on any atom is -0.459 e. The number of fused-ring (bicyclic) bond motifs is 1. The van der Waals surface area contributed by atoms with Crippen molar-refractivity contribution in [3.63, 3.8) is 0 Å². The van der Waals surface area contributed by atoms with Crippen LogP contribution in [0.2, 0.25) is 0 Å². The fourth-order valence-corrected chi connectivity index (χ4v) is 1.42. The first-order valence-electron chi connectivity index (χ1n) is 5.29. The molecule has 0 saturated carbocycles. The first-order valence-corrected chi connectivity index (χ1v) is 5.70. The van der Waals surface area contributed by atoms with Crippen LogP contribution in [0.4, 0.5) is 5.95 Å². The Labute approximate surface area is 112 Å². The number of aromatic nitrogens is 5. The number of hydrogen-bond acceptors (Lipinski definition) is 7. The van der Waals surface area contributed by atoms with Crippen LogP contribution in [0, 0.1) is 4.77 Å². The smallest absolute Gasteiger partial charge is 0.397 e. The SMILES string of the molecule is CCOC(=O)C(=O)Nc1nc2ncn(C)c(=S)n2n1. The maximum atomic E-state index is 11.4. The lowest BCUT2D eigenvalue weighted by Gasteiger charge is -1.99. The number of ether oxygens (including phenoxy) is 1. The van der Waals surface area contributed by atoms with E-state index in [1.54, 1.807) is 18.5 Å². The van der Waals surface area contributed by atoms with Crippen molar-refractivity contribution in [2.45, 2.75) is 6.92 Å². The second-order valence-corrected chi connectivity index (χ2v) is 3.83. The predicted molar refractivity (Wildman–Crippen MR) is 65.8 cm³/mol. The van der Waals surface area contributed by atoms with Crippen LogP contribution in [0.25, 0.3) is 5.78 Å². The molecule has 2 heterocycles.